The Morgan fingerprint density at radius 2 is 2.00 bits per heavy atom. The highest BCUT2D eigenvalue weighted by molar-refractivity contribution is 5.78. The number of carbonyl (C=O) groups excluding carboxylic acids is 1. The van der Waals surface area contributed by atoms with Crippen LogP contribution in [0.3, 0.4) is 0 Å². The van der Waals surface area contributed by atoms with E-state index >= 15 is 0 Å². The number of aldehydes is 1. The zero-order valence-electron chi connectivity index (χ0n) is 7.69. The summed E-state index contributed by atoms with van der Waals surface area (Å²) < 4.78 is 0. The zero-order chi connectivity index (χ0) is 9.68. The van der Waals surface area contributed by atoms with Crippen molar-refractivity contribution in [2.24, 2.45) is 0 Å². The fourth-order valence-corrected chi connectivity index (χ4v) is 0.802. The molecule has 0 spiro atoms. The Bertz CT molecular complexity index is 281. The summed E-state index contributed by atoms with van der Waals surface area (Å²) in [6, 6.07) is 6.91. The van der Waals surface area contributed by atoms with E-state index in [9.17, 15) is 4.79 Å². The van der Waals surface area contributed by atoms with Gasteiger partial charge in [0.2, 0.25) is 0 Å². The van der Waals surface area contributed by atoms with E-state index in [0.29, 0.717) is 11.3 Å². The van der Waals surface area contributed by atoms with Crippen molar-refractivity contribution in [2.75, 3.05) is 0 Å². The summed E-state index contributed by atoms with van der Waals surface area (Å²) in [7, 11) is 0. The molecule has 0 N–H and O–H groups in total. The van der Waals surface area contributed by atoms with Gasteiger partial charge in [0.25, 0.3) is 0 Å². The van der Waals surface area contributed by atoms with Crippen LogP contribution in [-0.2, 0) is 4.89 Å². The first-order valence-corrected chi connectivity index (χ1v) is 4.11. The molecule has 0 amide bonds. The van der Waals surface area contributed by atoms with Gasteiger partial charge < -0.3 is 4.89 Å². The van der Waals surface area contributed by atoms with E-state index in [4.69, 9.17) is 9.78 Å². The molecule has 0 aliphatic carbocycles. The zero-order valence-corrected chi connectivity index (χ0v) is 7.69. The van der Waals surface area contributed by atoms with Crippen LogP contribution in [0.2, 0.25) is 0 Å². The van der Waals surface area contributed by atoms with Gasteiger partial charge in [-0.05, 0) is 26.0 Å². The summed E-state index contributed by atoms with van der Waals surface area (Å²) in [6.45, 7) is 3.70. The van der Waals surface area contributed by atoms with Crippen LogP contribution in [0.1, 0.15) is 24.2 Å². The summed E-state index contributed by atoms with van der Waals surface area (Å²) in [5.74, 6) is 0.450. The van der Waals surface area contributed by atoms with Gasteiger partial charge in [-0.2, -0.15) is 4.89 Å². The molecular weight excluding hydrogens is 168 g/mol. The van der Waals surface area contributed by atoms with Crippen LogP contribution < -0.4 is 4.89 Å². The highest BCUT2D eigenvalue weighted by Crippen LogP contribution is 2.16. The van der Waals surface area contributed by atoms with Crippen molar-refractivity contribution in [3.63, 3.8) is 0 Å². The van der Waals surface area contributed by atoms with E-state index < -0.39 is 0 Å². The third-order valence-corrected chi connectivity index (χ3v) is 1.38. The minimum atomic E-state index is -0.0280. The van der Waals surface area contributed by atoms with E-state index in [2.05, 4.69) is 0 Å². The molecule has 0 heterocycles. The lowest BCUT2D eigenvalue weighted by molar-refractivity contribution is -0.234. The molecule has 1 aromatic carbocycles. The monoisotopic (exact) mass is 180 g/mol. The summed E-state index contributed by atoms with van der Waals surface area (Å²) in [4.78, 5) is 20.4. The van der Waals surface area contributed by atoms with Crippen LogP contribution in [0.25, 0.3) is 0 Å². The van der Waals surface area contributed by atoms with Gasteiger partial charge in [-0.1, -0.05) is 12.1 Å². The van der Waals surface area contributed by atoms with Gasteiger partial charge in [0.05, 0.1) is 11.7 Å². The van der Waals surface area contributed by atoms with Gasteiger partial charge >= 0.3 is 0 Å². The van der Waals surface area contributed by atoms with Gasteiger partial charge in [0.1, 0.15) is 0 Å². The fraction of sp³-hybridized carbons (Fsp3) is 0.300. The largest absolute Gasteiger partial charge is 0.337 e. The van der Waals surface area contributed by atoms with Gasteiger partial charge in [0, 0.05) is 0 Å². The van der Waals surface area contributed by atoms with Crippen LogP contribution in [0.5, 0.6) is 5.75 Å². The van der Waals surface area contributed by atoms with E-state index in [1.54, 1.807) is 24.3 Å². The van der Waals surface area contributed by atoms with Crippen molar-refractivity contribution in [1.29, 1.82) is 0 Å². The summed E-state index contributed by atoms with van der Waals surface area (Å²) >= 11 is 0. The first-order valence-electron chi connectivity index (χ1n) is 4.11. The minimum absolute atomic E-state index is 0.0280. The second kappa shape index (κ2) is 4.62. The van der Waals surface area contributed by atoms with E-state index in [1.165, 1.54) is 0 Å². The minimum Gasteiger partial charge on any atom is -0.337 e. The molecule has 0 aliphatic heterocycles. The second-order valence-electron chi connectivity index (χ2n) is 2.88. The molecule has 70 valence electrons. The lowest BCUT2D eigenvalue weighted by Crippen LogP contribution is -2.07. The molecule has 1 rings (SSSR count). The lowest BCUT2D eigenvalue weighted by Gasteiger charge is -2.08. The molecule has 0 fully saturated rings. The molecule has 1 aromatic rings. The molecule has 0 atom stereocenters. The first kappa shape index (κ1) is 9.74. The second-order valence-corrected chi connectivity index (χ2v) is 2.88. The van der Waals surface area contributed by atoms with Crippen molar-refractivity contribution in [1.82, 2.24) is 0 Å². The maximum atomic E-state index is 10.5. The van der Waals surface area contributed by atoms with E-state index in [0.717, 1.165) is 6.29 Å². The normalized spacial score (nSPS) is 10.1. The molecule has 0 unspecified atom stereocenters. The molecule has 0 radical (unpaired) electrons. The predicted octanol–water partition coefficient (Wildman–Crippen LogP) is 2.22. The average molecular weight is 180 g/mol. The quantitative estimate of drug-likeness (QED) is 0.405. The fourth-order valence-electron chi connectivity index (χ4n) is 0.802. The average Bonchev–Trinajstić information content (AvgIpc) is 2.15. The Morgan fingerprint density at radius 3 is 2.62 bits per heavy atom. The van der Waals surface area contributed by atoms with Crippen molar-refractivity contribution in [3.05, 3.63) is 29.8 Å². The Balaban J connectivity index is 2.69. The third kappa shape index (κ3) is 2.87. The van der Waals surface area contributed by atoms with Crippen molar-refractivity contribution >= 4 is 6.29 Å². The highest BCUT2D eigenvalue weighted by Gasteiger charge is 2.03. The summed E-state index contributed by atoms with van der Waals surface area (Å²) in [6.07, 6.45) is 0.707. The molecule has 0 saturated carbocycles. The number of hydrogen-bond donors (Lipinski definition) is 0. The van der Waals surface area contributed by atoms with Crippen LogP contribution in [0, 0.1) is 0 Å². The topological polar surface area (TPSA) is 35.5 Å². The summed E-state index contributed by atoms with van der Waals surface area (Å²) in [5, 5.41) is 0. The lowest BCUT2D eigenvalue weighted by atomic mass is 10.2. The van der Waals surface area contributed by atoms with Crippen LogP contribution in [-0.4, -0.2) is 12.4 Å². The van der Waals surface area contributed by atoms with Gasteiger partial charge in [-0.25, -0.2) is 0 Å². The number of carbonyl (C=O) groups is 1. The van der Waals surface area contributed by atoms with Gasteiger partial charge in [-0.15, -0.1) is 0 Å². The number of rotatable bonds is 4. The molecule has 13 heavy (non-hydrogen) atoms. The van der Waals surface area contributed by atoms with Crippen LogP contribution in [0.15, 0.2) is 24.3 Å². The number of para-hydroxylation sites is 1. The predicted molar refractivity (Wildman–Crippen MR) is 48.7 cm³/mol. The molecule has 0 saturated heterocycles. The molecule has 3 heteroatoms. The Hall–Kier alpha value is -1.35. The smallest absolute Gasteiger partial charge is 0.175 e. The Morgan fingerprint density at radius 1 is 1.31 bits per heavy atom. The summed E-state index contributed by atoms with van der Waals surface area (Å²) in [5.41, 5.74) is 0.489. The SMILES string of the molecule is CC(C)OOc1ccccc1C=O. The Labute approximate surface area is 77.2 Å². The maximum Gasteiger partial charge on any atom is 0.175 e. The van der Waals surface area contributed by atoms with Gasteiger partial charge in [0.15, 0.2) is 12.0 Å². The first-order chi connectivity index (χ1) is 6.24. The number of hydrogen-bond acceptors (Lipinski definition) is 3. The van der Waals surface area contributed by atoms with Gasteiger partial charge in [-0.3, -0.25) is 4.79 Å². The van der Waals surface area contributed by atoms with E-state index in [1.807, 2.05) is 13.8 Å². The number of benzene rings is 1. The van der Waals surface area contributed by atoms with E-state index in [-0.39, 0.29) is 6.10 Å². The maximum absolute atomic E-state index is 10.5. The molecule has 0 aromatic heterocycles. The molecular formula is C10H12O3. The van der Waals surface area contributed by atoms with Crippen molar-refractivity contribution < 1.29 is 14.6 Å². The molecule has 3 nitrogen and oxygen atoms in total. The molecule has 0 aliphatic rings. The van der Waals surface area contributed by atoms with Crippen molar-refractivity contribution in [3.8, 4) is 5.75 Å². The Kier molecular flexibility index (Phi) is 3.46. The van der Waals surface area contributed by atoms with Crippen molar-refractivity contribution in [2.45, 2.75) is 20.0 Å². The standard InChI is InChI=1S/C10H12O3/c1-8(2)12-13-10-6-4-3-5-9(10)7-11/h3-8H,1-2H3. The van der Waals surface area contributed by atoms with Crippen LogP contribution in [0.4, 0.5) is 0 Å². The highest BCUT2D eigenvalue weighted by atomic mass is 17.2. The third-order valence-electron chi connectivity index (χ3n) is 1.38. The van der Waals surface area contributed by atoms with Crippen LogP contribution >= 0.6 is 0 Å². The molecule has 0 bridgehead atoms.